The van der Waals surface area contributed by atoms with Gasteiger partial charge in [0.15, 0.2) is 0 Å². The molecule has 0 spiro atoms. The van der Waals surface area contributed by atoms with Crippen LogP contribution in [0.25, 0.3) is 21.5 Å². The molecule has 0 amide bonds. The number of imidazole rings is 1. The Morgan fingerprint density at radius 2 is 1.68 bits per heavy atom. The van der Waals surface area contributed by atoms with Crippen LogP contribution in [0.1, 0.15) is 31.9 Å². The smallest absolute Gasteiger partial charge is 0.423 e. The minimum absolute atomic E-state index is 0.272. The lowest BCUT2D eigenvalue weighted by molar-refractivity contribution is 0.0537. The number of aromatic nitrogens is 2. The van der Waals surface area contributed by atoms with E-state index in [1.54, 1.807) is 43.5 Å². The molecule has 144 valence electrons. The lowest BCUT2D eigenvalue weighted by Gasteiger charge is -2.19. The van der Waals surface area contributed by atoms with Crippen LogP contribution in [-0.2, 0) is 17.8 Å². The molecule has 1 heterocycles. The maximum absolute atomic E-state index is 13.0. The third kappa shape index (κ3) is 4.07. The second-order valence-electron chi connectivity index (χ2n) is 7.38. The maximum Gasteiger partial charge on any atom is 0.423 e. The van der Waals surface area contributed by atoms with Gasteiger partial charge in [-0.1, -0.05) is 41.5 Å². The Morgan fingerprint density at radius 3 is 2.29 bits per heavy atom. The first-order valence-electron chi connectivity index (χ1n) is 8.82. The molecule has 3 aromatic rings. The second-order valence-corrected chi connectivity index (χ2v) is 7.38. The minimum Gasteiger partial charge on any atom is -0.443 e. The number of carbonyl (C=O) groups excluding carboxylic acids is 1. The molecule has 0 radical (unpaired) electrons. The third-order valence-electron chi connectivity index (χ3n) is 4.09. The number of ether oxygens (including phenoxy) is 1. The average Bonchev–Trinajstić information content (AvgIpc) is 2.92. The summed E-state index contributed by atoms with van der Waals surface area (Å²) in [5, 5.41) is 3.53. The average molecular weight is 379 g/mol. The molecule has 0 aliphatic heterocycles. The van der Waals surface area contributed by atoms with Crippen molar-refractivity contribution in [3.05, 3.63) is 80.6 Å². The monoisotopic (exact) mass is 379 g/mol. The highest BCUT2D eigenvalue weighted by Crippen LogP contribution is 2.17. The normalized spacial score (nSPS) is 11.2. The van der Waals surface area contributed by atoms with Gasteiger partial charge in [-0.2, -0.15) is 4.57 Å². The van der Waals surface area contributed by atoms with Crippen molar-refractivity contribution in [2.24, 2.45) is 5.11 Å². The van der Waals surface area contributed by atoms with Gasteiger partial charge in [-0.25, -0.2) is 9.59 Å². The molecule has 1 aromatic heterocycles. The molecule has 8 heteroatoms. The molecule has 8 nitrogen and oxygen atoms in total. The molecule has 0 aliphatic rings. The van der Waals surface area contributed by atoms with Crippen molar-refractivity contribution < 1.29 is 9.53 Å². The highest BCUT2D eigenvalue weighted by atomic mass is 16.6. The van der Waals surface area contributed by atoms with E-state index in [1.165, 1.54) is 0 Å². The molecule has 0 saturated heterocycles. The molecular weight excluding hydrogens is 358 g/mol. The quantitative estimate of drug-likeness (QED) is 0.380. The molecule has 0 N–H and O–H groups in total. The number of azide groups is 1. The van der Waals surface area contributed by atoms with Gasteiger partial charge in [0.25, 0.3) is 0 Å². The van der Waals surface area contributed by atoms with Crippen LogP contribution in [0, 0.1) is 0 Å². The van der Waals surface area contributed by atoms with E-state index < -0.39 is 17.4 Å². The molecule has 0 aliphatic carbocycles. The Balaban J connectivity index is 2.00. The summed E-state index contributed by atoms with van der Waals surface area (Å²) in [6.45, 7) is 5.85. The lowest BCUT2D eigenvalue weighted by atomic mass is 10.1. The summed E-state index contributed by atoms with van der Waals surface area (Å²) < 4.78 is 8.01. The predicted octanol–water partition coefficient (Wildman–Crippen LogP) is 4.44. The number of fused-ring (bicyclic) bond motifs is 1. The van der Waals surface area contributed by atoms with Gasteiger partial charge < -0.3 is 4.74 Å². The van der Waals surface area contributed by atoms with Crippen LogP contribution >= 0.6 is 0 Å². The summed E-state index contributed by atoms with van der Waals surface area (Å²) in [6, 6.07) is 14.6. The fraction of sp³-hybridized carbons (Fsp3) is 0.300. The zero-order valence-electron chi connectivity index (χ0n) is 16.0. The summed E-state index contributed by atoms with van der Waals surface area (Å²) in [4.78, 5) is 28.3. The standard InChI is InChI=1S/C20H21N5O3/c1-20(2,3)28-19(27)25-17-7-5-4-6-16(17)24(18(25)26)13-15-10-8-14(9-11-15)12-22-23-21/h4-11H,12-13H2,1-3H3. The number of hydrogen-bond donors (Lipinski definition) is 0. The van der Waals surface area contributed by atoms with E-state index in [2.05, 4.69) is 10.0 Å². The van der Waals surface area contributed by atoms with E-state index in [1.807, 2.05) is 30.3 Å². The van der Waals surface area contributed by atoms with E-state index >= 15 is 0 Å². The number of hydrogen-bond acceptors (Lipinski definition) is 4. The number of benzene rings is 2. The van der Waals surface area contributed by atoms with E-state index in [0.717, 1.165) is 15.7 Å². The van der Waals surface area contributed by atoms with Crippen LogP contribution in [0.3, 0.4) is 0 Å². The van der Waals surface area contributed by atoms with Gasteiger partial charge in [-0.15, -0.1) is 0 Å². The highest BCUT2D eigenvalue weighted by molar-refractivity contribution is 5.87. The first-order valence-corrected chi connectivity index (χ1v) is 8.82. The highest BCUT2D eigenvalue weighted by Gasteiger charge is 2.23. The first-order chi connectivity index (χ1) is 13.3. The van der Waals surface area contributed by atoms with Crippen LogP contribution in [0.15, 0.2) is 58.4 Å². The van der Waals surface area contributed by atoms with Gasteiger partial charge in [0.2, 0.25) is 0 Å². The van der Waals surface area contributed by atoms with Crippen molar-refractivity contribution in [3.63, 3.8) is 0 Å². The number of rotatable bonds is 4. The van der Waals surface area contributed by atoms with Crippen LogP contribution in [0.5, 0.6) is 0 Å². The van der Waals surface area contributed by atoms with E-state index in [-0.39, 0.29) is 6.54 Å². The van der Waals surface area contributed by atoms with Crippen LogP contribution in [-0.4, -0.2) is 20.8 Å². The molecule has 0 fully saturated rings. The van der Waals surface area contributed by atoms with E-state index in [0.29, 0.717) is 17.6 Å². The molecule has 0 saturated carbocycles. The van der Waals surface area contributed by atoms with Crippen molar-refractivity contribution in [3.8, 4) is 0 Å². The zero-order chi connectivity index (χ0) is 20.3. The Hall–Kier alpha value is -3.51. The Kier molecular flexibility index (Phi) is 5.24. The number of carbonyl (C=O) groups is 1. The molecule has 0 unspecified atom stereocenters. The van der Waals surface area contributed by atoms with E-state index in [9.17, 15) is 9.59 Å². The summed E-state index contributed by atoms with van der Waals surface area (Å²) in [6.07, 6.45) is -0.697. The van der Waals surface area contributed by atoms with Gasteiger partial charge in [-0.3, -0.25) is 4.57 Å². The van der Waals surface area contributed by atoms with Gasteiger partial charge in [0, 0.05) is 4.91 Å². The summed E-state index contributed by atoms with van der Waals surface area (Å²) in [7, 11) is 0. The zero-order valence-corrected chi connectivity index (χ0v) is 16.0. The maximum atomic E-state index is 13.0. The van der Waals surface area contributed by atoms with Gasteiger partial charge in [0.05, 0.1) is 24.1 Å². The van der Waals surface area contributed by atoms with Gasteiger partial charge in [-0.05, 0) is 49.6 Å². The van der Waals surface area contributed by atoms with Crippen LogP contribution < -0.4 is 5.69 Å². The summed E-state index contributed by atoms with van der Waals surface area (Å²) in [5.41, 5.74) is 10.2. The third-order valence-corrected chi connectivity index (χ3v) is 4.09. The van der Waals surface area contributed by atoms with Crippen LogP contribution in [0.2, 0.25) is 0 Å². The number of para-hydroxylation sites is 2. The second kappa shape index (κ2) is 7.62. The topological polar surface area (TPSA) is 102 Å². The van der Waals surface area contributed by atoms with Crippen molar-refractivity contribution >= 4 is 17.1 Å². The van der Waals surface area contributed by atoms with Gasteiger partial charge >= 0.3 is 11.8 Å². The largest absolute Gasteiger partial charge is 0.443 e. The summed E-state index contributed by atoms with van der Waals surface area (Å²) >= 11 is 0. The van der Waals surface area contributed by atoms with Gasteiger partial charge in [0.1, 0.15) is 5.60 Å². The molecule has 0 atom stereocenters. The molecule has 2 aromatic carbocycles. The van der Waals surface area contributed by atoms with Crippen LogP contribution in [0.4, 0.5) is 4.79 Å². The van der Waals surface area contributed by atoms with Crippen molar-refractivity contribution in [2.45, 2.75) is 39.5 Å². The molecule has 28 heavy (non-hydrogen) atoms. The molecular formula is C20H21N5O3. The van der Waals surface area contributed by atoms with Crippen molar-refractivity contribution in [1.82, 2.24) is 9.13 Å². The Bertz CT molecular complexity index is 1110. The van der Waals surface area contributed by atoms with Crippen molar-refractivity contribution in [1.29, 1.82) is 0 Å². The molecule has 3 rings (SSSR count). The number of nitrogens with zero attached hydrogens (tertiary/aromatic N) is 5. The Morgan fingerprint density at radius 1 is 1.07 bits per heavy atom. The fourth-order valence-corrected chi connectivity index (χ4v) is 2.89. The Labute approximate surface area is 161 Å². The summed E-state index contributed by atoms with van der Waals surface area (Å²) in [5.74, 6) is 0. The molecule has 0 bridgehead atoms. The lowest BCUT2D eigenvalue weighted by Crippen LogP contribution is -2.34. The minimum atomic E-state index is -0.707. The van der Waals surface area contributed by atoms with E-state index in [4.69, 9.17) is 10.3 Å². The predicted molar refractivity (Wildman–Crippen MR) is 106 cm³/mol. The fourth-order valence-electron chi connectivity index (χ4n) is 2.89. The van der Waals surface area contributed by atoms with Crippen molar-refractivity contribution in [2.75, 3.05) is 0 Å². The first kappa shape index (κ1) is 19.3. The SMILES string of the molecule is CC(C)(C)OC(=O)n1c(=O)n(Cc2ccc(CN=[N+]=[N-])cc2)c2ccccc21.